The number of hydrogen-bond donors (Lipinski definition) is 2. The third-order valence-corrected chi connectivity index (χ3v) is 2.91. The van der Waals surface area contributed by atoms with Gasteiger partial charge in [0, 0.05) is 18.3 Å². The Bertz CT molecular complexity index is 597. The summed E-state index contributed by atoms with van der Waals surface area (Å²) >= 11 is 0. The molecule has 2 rings (SSSR count). The van der Waals surface area contributed by atoms with Crippen molar-refractivity contribution in [1.82, 2.24) is 10.3 Å². The summed E-state index contributed by atoms with van der Waals surface area (Å²) in [7, 11) is 0. The fourth-order valence-corrected chi connectivity index (χ4v) is 1.71. The average molecular weight is 256 g/mol. The molecule has 0 bridgehead atoms. The molecule has 4 nitrogen and oxygen atoms in total. The highest BCUT2D eigenvalue weighted by atomic mass is 16.2. The molecule has 4 heteroatoms. The molecule has 1 aromatic carbocycles. The van der Waals surface area contributed by atoms with E-state index < -0.39 is 0 Å². The Morgan fingerprint density at radius 1 is 1.21 bits per heavy atom. The Balaban J connectivity index is 1.97. The van der Waals surface area contributed by atoms with E-state index in [4.69, 9.17) is 0 Å². The Morgan fingerprint density at radius 2 is 1.89 bits per heavy atom. The van der Waals surface area contributed by atoms with Gasteiger partial charge in [-0.3, -0.25) is 9.59 Å². The van der Waals surface area contributed by atoms with Crippen molar-refractivity contribution in [3.63, 3.8) is 0 Å². The quantitative estimate of drug-likeness (QED) is 0.825. The summed E-state index contributed by atoms with van der Waals surface area (Å²) in [6.07, 6.45) is 1.54. The molecule has 0 radical (unpaired) electrons. The molecule has 0 aliphatic rings. The zero-order valence-electron chi connectivity index (χ0n) is 11.0. The Kier molecular flexibility index (Phi) is 3.80. The highest BCUT2D eigenvalue weighted by Gasteiger charge is 2.10. The molecule has 0 fully saturated rings. The van der Waals surface area contributed by atoms with Crippen LogP contribution in [0.3, 0.4) is 0 Å². The summed E-state index contributed by atoms with van der Waals surface area (Å²) in [6, 6.07) is 9.53. The second kappa shape index (κ2) is 5.52. The Hall–Kier alpha value is -2.36. The van der Waals surface area contributed by atoms with Crippen molar-refractivity contribution in [1.29, 1.82) is 0 Å². The zero-order chi connectivity index (χ0) is 13.8. The lowest BCUT2D eigenvalue weighted by Crippen LogP contribution is -2.23. The van der Waals surface area contributed by atoms with Crippen LogP contribution in [0.25, 0.3) is 0 Å². The molecule has 1 amide bonds. The summed E-state index contributed by atoms with van der Waals surface area (Å²) in [5, 5.41) is 2.81. The standard InChI is InChI=1S/C15H16N2O2/c1-10-3-5-12(6-4-10)8-17-15(19)14-7-13(9-16-14)11(2)18/h3-7,9,16H,8H2,1-2H3,(H,17,19). The average Bonchev–Trinajstić information content (AvgIpc) is 2.87. The fourth-order valence-electron chi connectivity index (χ4n) is 1.71. The van der Waals surface area contributed by atoms with Crippen molar-refractivity contribution in [2.45, 2.75) is 20.4 Å². The number of amides is 1. The monoisotopic (exact) mass is 256 g/mol. The highest BCUT2D eigenvalue weighted by molar-refractivity contribution is 5.99. The third-order valence-electron chi connectivity index (χ3n) is 2.91. The van der Waals surface area contributed by atoms with Gasteiger partial charge in [-0.25, -0.2) is 0 Å². The van der Waals surface area contributed by atoms with Gasteiger partial charge in [-0.05, 0) is 25.5 Å². The summed E-state index contributed by atoms with van der Waals surface area (Å²) < 4.78 is 0. The maximum atomic E-state index is 11.9. The first-order valence-corrected chi connectivity index (χ1v) is 6.09. The first kappa shape index (κ1) is 13.1. The van der Waals surface area contributed by atoms with E-state index in [0.29, 0.717) is 17.8 Å². The van der Waals surface area contributed by atoms with Crippen molar-refractivity contribution in [3.05, 3.63) is 58.9 Å². The normalized spacial score (nSPS) is 10.2. The van der Waals surface area contributed by atoms with Crippen LogP contribution < -0.4 is 5.32 Å². The predicted molar refractivity (Wildman–Crippen MR) is 73.1 cm³/mol. The largest absolute Gasteiger partial charge is 0.356 e. The smallest absolute Gasteiger partial charge is 0.267 e. The molecule has 0 aliphatic heterocycles. The Labute approximate surface area is 111 Å². The van der Waals surface area contributed by atoms with Gasteiger partial charge < -0.3 is 10.3 Å². The zero-order valence-corrected chi connectivity index (χ0v) is 11.0. The number of rotatable bonds is 4. The molecule has 2 N–H and O–H groups in total. The molecule has 98 valence electrons. The number of H-pyrrole nitrogens is 1. The van der Waals surface area contributed by atoms with Crippen LogP contribution >= 0.6 is 0 Å². The molecule has 0 aliphatic carbocycles. The van der Waals surface area contributed by atoms with E-state index >= 15 is 0 Å². The van der Waals surface area contributed by atoms with E-state index in [1.54, 1.807) is 12.3 Å². The minimum absolute atomic E-state index is 0.0613. The van der Waals surface area contributed by atoms with E-state index in [0.717, 1.165) is 5.56 Å². The number of Topliss-reactive ketones (excluding diaryl/α,β-unsaturated/α-hetero) is 1. The number of carbonyl (C=O) groups excluding carboxylic acids is 2. The summed E-state index contributed by atoms with van der Waals surface area (Å²) in [6.45, 7) is 3.95. The summed E-state index contributed by atoms with van der Waals surface area (Å²) in [5.41, 5.74) is 3.14. The summed E-state index contributed by atoms with van der Waals surface area (Å²) in [4.78, 5) is 25.8. The maximum absolute atomic E-state index is 11.9. The van der Waals surface area contributed by atoms with Gasteiger partial charge in [0.25, 0.3) is 5.91 Å². The van der Waals surface area contributed by atoms with Crippen LogP contribution in [0.5, 0.6) is 0 Å². The van der Waals surface area contributed by atoms with Gasteiger partial charge in [0.2, 0.25) is 0 Å². The molecule has 2 aromatic rings. The number of carbonyl (C=O) groups is 2. The van der Waals surface area contributed by atoms with Gasteiger partial charge in [-0.2, -0.15) is 0 Å². The second-order valence-electron chi connectivity index (χ2n) is 4.53. The van der Waals surface area contributed by atoms with E-state index in [-0.39, 0.29) is 11.7 Å². The molecule has 0 unspecified atom stereocenters. The first-order valence-electron chi connectivity index (χ1n) is 6.09. The van der Waals surface area contributed by atoms with Gasteiger partial charge >= 0.3 is 0 Å². The molecular weight excluding hydrogens is 240 g/mol. The number of aromatic nitrogens is 1. The van der Waals surface area contributed by atoms with Gasteiger partial charge in [-0.15, -0.1) is 0 Å². The highest BCUT2D eigenvalue weighted by Crippen LogP contribution is 2.06. The number of benzene rings is 1. The molecule has 0 saturated heterocycles. The van der Waals surface area contributed by atoms with Gasteiger partial charge in [-0.1, -0.05) is 29.8 Å². The second-order valence-corrected chi connectivity index (χ2v) is 4.53. The Morgan fingerprint density at radius 3 is 2.47 bits per heavy atom. The van der Waals surface area contributed by atoms with Crippen LogP contribution in [0.4, 0.5) is 0 Å². The molecule has 0 spiro atoms. The topological polar surface area (TPSA) is 62.0 Å². The number of aromatic amines is 1. The van der Waals surface area contributed by atoms with E-state index in [1.165, 1.54) is 12.5 Å². The van der Waals surface area contributed by atoms with Crippen molar-refractivity contribution < 1.29 is 9.59 Å². The van der Waals surface area contributed by atoms with Crippen molar-refractivity contribution in [2.75, 3.05) is 0 Å². The first-order chi connectivity index (χ1) is 9.06. The molecular formula is C15H16N2O2. The number of hydrogen-bond acceptors (Lipinski definition) is 2. The minimum Gasteiger partial charge on any atom is -0.356 e. The van der Waals surface area contributed by atoms with Crippen LogP contribution in [0.1, 0.15) is 38.9 Å². The van der Waals surface area contributed by atoms with E-state index in [9.17, 15) is 9.59 Å². The van der Waals surface area contributed by atoms with Crippen molar-refractivity contribution >= 4 is 11.7 Å². The number of nitrogens with one attached hydrogen (secondary N) is 2. The van der Waals surface area contributed by atoms with Crippen LogP contribution in [-0.4, -0.2) is 16.7 Å². The molecule has 19 heavy (non-hydrogen) atoms. The van der Waals surface area contributed by atoms with Crippen LogP contribution in [-0.2, 0) is 6.54 Å². The van der Waals surface area contributed by atoms with Crippen molar-refractivity contribution in [3.8, 4) is 0 Å². The van der Waals surface area contributed by atoms with E-state index in [2.05, 4.69) is 10.3 Å². The third kappa shape index (κ3) is 3.31. The van der Waals surface area contributed by atoms with Crippen LogP contribution in [0.2, 0.25) is 0 Å². The minimum atomic E-state index is -0.215. The molecule has 0 saturated carbocycles. The fraction of sp³-hybridized carbons (Fsp3) is 0.200. The van der Waals surface area contributed by atoms with Crippen LogP contribution in [0.15, 0.2) is 36.5 Å². The van der Waals surface area contributed by atoms with Gasteiger partial charge in [0.1, 0.15) is 5.69 Å². The van der Waals surface area contributed by atoms with Gasteiger partial charge in [0.05, 0.1) is 0 Å². The SMILES string of the molecule is CC(=O)c1c[nH]c(C(=O)NCc2ccc(C)cc2)c1. The molecule has 0 atom stereocenters. The predicted octanol–water partition coefficient (Wildman–Crippen LogP) is 2.46. The number of ketones is 1. The molecule has 1 aromatic heterocycles. The van der Waals surface area contributed by atoms with E-state index in [1.807, 2.05) is 31.2 Å². The lowest BCUT2D eigenvalue weighted by atomic mass is 10.1. The number of aryl methyl sites for hydroxylation is 1. The summed E-state index contributed by atoms with van der Waals surface area (Å²) in [5.74, 6) is -0.276. The van der Waals surface area contributed by atoms with Crippen LogP contribution in [0, 0.1) is 6.92 Å². The lowest BCUT2D eigenvalue weighted by molar-refractivity contribution is 0.0946. The lowest BCUT2D eigenvalue weighted by Gasteiger charge is -2.04. The molecule has 1 heterocycles. The maximum Gasteiger partial charge on any atom is 0.267 e. The van der Waals surface area contributed by atoms with Crippen molar-refractivity contribution in [2.24, 2.45) is 0 Å². The van der Waals surface area contributed by atoms with Gasteiger partial charge in [0.15, 0.2) is 5.78 Å².